The molecular formula is C25H47N3O8S4. The van der Waals surface area contributed by atoms with Gasteiger partial charge in [-0.25, -0.2) is 0 Å². The SMILES string of the molecule is CN(CCN(CCC(=O)OCCS)CCC(=O)OCCS)CCN(CCC(=O)OCCS)CCC(=O)OCCS. The van der Waals surface area contributed by atoms with E-state index >= 15 is 0 Å². The minimum atomic E-state index is -0.304. The van der Waals surface area contributed by atoms with E-state index in [1.54, 1.807) is 0 Å². The van der Waals surface area contributed by atoms with Crippen LogP contribution in [0.4, 0.5) is 0 Å². The predicted octanol–water partition coefficient (Wildman–Crippen LogP) is 0.975. The lowest BCUT2D eigenvalue weighted by atomic mass is 10.3. The lowest BCUT2D eigenvalue weighted by molar-refractivity contribution is -0.145. The summed E-state index contributed by atoms with van der Waals surface area (Å²) in [5.41, 5.74) is 0. The third-order valence-electron chi connectivity index (χ3n) is 5.54. The van der Waals surface area contributed by atoms with Gasteiger partial charge in [0.25, 0.3) is 0 Å². The maximum absolute atomic E-state index is 12.0. The molecule has 0 aromatic carbocycles. The fourth-order valence-corrected chi connectivity index (χ4v) is 3.70. The van der Waals surface area contributed by atoms with Crippen LogP contribution >= 0.6 is 50.5 Å². The van der Waals surface area contributed by atoms with Crippen LogP contribution in [0.5, 0.6) is 0 Å². The topological polar surface area (TPSA) is 115 Å². The van der Waals surface area contributed by atoms with Crippen molar-refractivity contribution in [2.45, 2.75) is 25.7 Å². The van der Waals surface area contributed by atoms with Gasteiger partial charge in [-0.3, -0.25) is 19.2 Å². The summed E-state index contributed by atoms with van der Waals surface area (Å²) in [4.78, 5) is 54.0. The van der Waals surface area contributed by atoms with Crippen molar-refractivity contribution >= 4 is 74.4 Å². The van der Waals surface area contributed by atoms with Gasteiger partial charge in [0, 0.05) is 75.4 Å². The first-order valence-corrected chi connectivity index (χ1v) is 16.0. The molecule has 0 bridgehead atoms. The first kappa shape index (κ1) is 39.2. The molecular weight excluding hydrogens is 599 g/mol. The minimum Gasteiger partial charge on any atom is -0.465 e. The number of nitrogens with zero attached hydrogens (tertiary/aromatic N) is 3. The highest BCUT2D eigenvalue weighted by atomic mass is 32.1. The zero-order valence-corrected chi connectivity index (χ0v) is 27.1. The highest BCUT2D eigenvalue weighted by Crippen LogP contribution is 2.02. The maximum Gasteiger partial charge on any atom is 0.307 e. The van der Waals surface area contributed by atoms with Crippen LogP contribution < -0.4 is 0 Å². The Balaban J connectivity index is 4.86. The van der Waals surface area contributed by atoms with Crippen molar-refractivity contribution < 1.29 is 38.1 Å². The van der Waals surface area contributed by atoms with Crippen molar-refractivity contribution in [2.75, 3.05) is 109 Å². The van der Waals surface area contributed by atoms with Gasteiger partial charge in [-0.1, -0.05) is 0 Å². The van der Waals surface area contributed by atoms with Crippen LogP contribution in [-0.4, -0.2) is 147 Å². The quantitative estimate of drug-likeness (QED) is 0.0613. The number of likely N-dealkylation sites (N-methyl/N-ethyl adjacent to an activating group) is 1. The van der Waals surface area contributed by atoms with Crippen molar-refractivity contribution in [2.24, 2.45) is 0 Å². The van der Waals surface area contributed by atoms with Gasteiger partial charge in [-0.15, -0.1) is 0 Å². The van der Waals surface area contributed by atoms with E-state index in [-0.39, 0.29) is 76.0 Å². The molecule has 0 saturated heterocycles. The summed E-state index contributed by atoms with van der Waals surface area (Å²) in [5, 5.41) is 0. The zero-order valence-electron chi connectivity index (χ0n) is 23.5. The van der Waals surface area contributed by atoms with Gasteiger partial charge in [0.05, 0.1) is 25.7 Å². The minimum absolute atomic E-state index is 0.212. The van der Waals surface area contributed by atoms with Gasteiger partial charge < -0.3 is 33.6 Å². The molecule has 0 N–H and O–H groups in total. The first-order valence-electron chi connectivity index (χ1n) is 13.4. The van der Waals surface area contributed by atoms with Gasteiger partial charge in [0.1, 0.15) is 26.4 Å². The summed E-state index contributed by atoms with van der Waals surface area (Å²) in [6.07, 6.45) is 0.848. The largest absolute Gasteiger partial charge is 0.465 e. The molecule has 0 heterocycles. The standard InChI is InChI=1S/C25H47N3O8S4/c1-26(10-12-27(6-2-22(29)33-14-18-37)7-3-23(30)34-15-19-38)11-13-28(8-4-24(31)35-16-20-39)9-5-25(32)36-17-21-40/h37-40H,2-21H2,1H3. The number of ether oxygens (including phenoxy) is 4. The predicted molar refractivity (Wildman–Crippen MR) is 168 cm³/mol. The third kappa shape index (κ3) is 23.8. The second kappa shape index (κ2) is 27.0. The van der Waals surface area contributed by atoms with Crippen molar-refractivity contribution in [3.63, 3.8) is 0 Å². The number of hydrogen-bond donors (Lipinski definition) is 4. The molecule has 0 radical (unpaired) electrons. The highest BCUT2D eigenvalue weighted by molar-refractivity contribution is 7.80. The van der Waals surface area contributed by atoms with Gasteiger partial charge >= 0.3 is 23.9 Å². The summed E-state index contributed by atoms with van der Waals surface area (Å²) in [6.45, 7) is 5.47. The second-order valence-electron chi connectivity index (χ2n) is 8.76. The Hall–Kier alpha value is -0.840. The summed E-state index contributed by atoms with van der Waals surface area (Å²) >= 11 is 16.2. The summed E-state index contributed by atoms with van der Waals surface area (Å²) < 4.78 is 20.4. The van der Waals surface area contributed by atoms with Gasteiger partial charge in [0.2, 0.25) is 0 Å². The van der Waals surface area contributed by atoms with Crippen LogP contribution in [0, 0.1) is 0 Å². The summed E-state index contributed by atoms with van der Waals surface area (Å²) in [5.74, 6) is 0.624. The Morgan fingerprint density at radius 2 is 0.700 bits per heavy atom. The third-order valence-corrected chi connectivity index (χ3v) is 6.27. The molecule has 0 aromatic heterocycles. The summed E-state index contributed by atoms with van der Waals surface area (Å²) in [6, 6.07) is 0. The average molecular weight is 646 g/mol. The molecule has 15 heteroatoms. The lowest BCUT2D eigenvalue weighted by Gasteiger charge is -2.27. The molecule has 0 aliphatic rings. The summed E-state index contributed by atoms with van der Waals surface area (Å²) in [7, 11) is 1.97. The molecule has 0 atom stereocenters. The normalized spacial score (nSPS) is 11.2. The molecule has 0 aromatic rings. The first-order chi connectivity index (χ1) is 19.2. The molecule has 40 heavy (non-hydrogen) atoms. The van der Waals surface area contributed by atoms with E-state index in [9.17, 15) is 19.2 Å². The number of esters is 4. The number of carbonyl (C=O) groups excluding carboxylic acids is 4. The van der Waals surface area contributed by atoms with Crippen LogP contribution in [0.3, 0.4) is 0 Å². The second-order valence-corrected chi connectivity index (χ2v) is 10.6. The van der Waals surface area contributed by atoms with Crippen LogP contribution in [0.25, 0.3) is 0 Å². The Labute approximate surface area is 260 Å². The van der Waals surface area contributed by atoms with Crippen LogP contribution in [-0.2, 0) is 38.1 Å². The molecule has 0 saturated carbocycles. The number of hydrogen-bond acceptors (Lipinski definition) is 15. The van der Waals surface area contributed by atoms with E-state index in [0.717, 1.165) is 0 Å². The van der Waals surface area contributed by atoms with E-state index in [2.05, 4.69) is 55.4 Å². The smallest absolute Gasteiger partial charge is 0.307 e. The average Bonchev–Trinajstić information content (AvgIpc) is 2.95. The van der Waals surface area contributed by atoms with Gasteiger partial charge in [0.15, 0.2) is 0 Å². The van der Waals surface area contributed by atoms with Crippen molar-refractivity contribution in [3.05, 3.63) is 0 Å². The van der Waals surface area contributed by atoms with Gasteiger partial charge in [-0.05, 0) is 7.05 Å². The lowest BCUT2D eigenvalue weighted by Crippen LogP contribution is -2.40. The van der Waals surface area contributed by atoms with E-state index in [1.807, 2.05) is 16.8 Å². The van der Waals surface area contributed by atoms with E-state index in [4.69, 9.17) is 18.9 Å². The molecule has 0 unspecified atom stereocenters. The van der Waals surface area contributed by atoms with Crippen LogP contribution in [0.15, 0.2) is 0 Å². The Bertz CT molecular complexity index is 605. The molecule has 11 nitrogen and oxygen atoms in total. The number of rotatable bonds is 26. The fourth-order valence-electron chi connectivity index (χ4n) is 3.33. The van der Waals surface area contributed by atoms with E-state index in [0.29, 0.717) is 75.4 Å². The molecule has 0 spiro atoms. The molecule has 0 rings (SSSR count). The Kier molecular flexibility index (Phi) is 26.5. The number of thiol groups is 4. The zero-order chi connectivity index (χ0) is 30.0. The van der Waals surface area contributed by atoms with Gasteiger partial charge in [-0.2, -0.15) is 50.5 Å². The molecule has 234 valence electrons. The maximum atomic E-state index is 12.0. The van der Waals surface area contributed by atoms with Crippen molar-refractivity contribution in [3.8, 4) is 0 Å². The van der Waals surface area contributed by atoms with E-state index < -0.39 is 0 Å². The van der Waals surface area contributed by atoms with E-state index in [1.165, 1.54) is 0 Å². The van der Waals surface area contributed by atoms with Crippen molar-refractivity contribution in [1.82, 2.24) is 14.7 Å². The molecule has 0 fully saturated rings. The van der Waals surface area contributed by atoms with Crippen LogP contribution in [0.1, 0.15) is 25.7 Å². The molecule has 0 amide bonds. The highest BCUT2D eigenvalue weighted by Gasteiger charge is 2.15. The monoisotopic (exact) mass is 645 g/mol. The molecule has 0 aliphatic carbocycles. The van der Waals surface area contributed by atoms with Crippen LogP contribution in [0.2, 0.25) is 0 Å². The van der Waals surface area contributed by atoms with Crippen molar-refractivity contribution in [1.29, 1.82) is 0 Å². The fraction of sp³-hybridized carbons (Fsp3) is 0.840. The number of carbonyl (C=O) groups is 4. The Morgan fingerprint density at radius 3 is 0.925 bits per heavy atom. The Morgan fingerprint density at radius 1 is 0.450 bits per heavy atom. The molecule has 0 aliphatic heterocycles.